The Morgan fingerprint density at radius 3 is 2.73 bits per heavy atom. The third kappa shape index (κ3) is 2.54. The van der Waals surface area contributed by atoms with Crippen LogP contribution in [0.15, 0.2) is 4.52 Å². The van der Waals surface area contributed by atoms with E-state index < -0.39 is 5.54 Å². The quantitative estimate of drug-likeness (QED) is 0.813. The lowest BCUT2D eigenvalue weighted by Gasteiger charge is -2.24. The molecule has 1 fully saturated rings. The Hall–Kier alpha value is -0.940. The molecule has 1 aromatic heterocycles. The average molecular weight is 211 g/mol. The van der Waals surface area contributed by atoms with E-state index in [1.165, 1.54) is 6.42 Å². The van der Waals surface area contributed by atoms with Crippen molar-refractivity contribution in [3.63, 3.8) is 0 Å². The second-order valence-corrected chi connectivity index (χ2v) is 4.60. The standard InChI is InChI=1S/C10H17N3O2/c1-10(2,11)9-12-8(15-13-9)6-14-7-4-3-5-7/h7H,3-6,11H2,1-2H3. The first-order valence-corrected chi connectivity index (χ1v) is 5.29. The van der Waals surface area contributed by atoms with Crippen LogP contribution < -0.4 is 5.73 Å². The smallest absolute Gasteiger partial charge is 0.252 e. The van der Waals surface area contributed by atoms with Gasteiger partial charge in [-0.05, 0) is 33.1 Å². The van der Waals surface area contributed by atoms with E-state index in [-0.39, 0.29) is 0 Å². The van der Waals surface area contributed by atoms with Crippen LogP contribution in [0.25, 0.3) is 0 Å². The minimum Gasteiger partial charge on any atom is -0.368 e. The highest BCUT2D eigenvalue weighted by Gasteiger charge is 2.23. The Labute approximate surface area is 89.0 Å². The number of hydrogen-bond donors (Lipinski definition) is 1. The monoisotopic (exact) mass is 211 g/mol. The number of aromatic nitrogens is 2. The molecule has 1 aromatic rings. The van der Waals surface area contributed by atoms with E-state index in [4.69, 9.17) is 15.0 Å². The molecule has 15 heavy (non-hydrogen) atoms. The largest absolute Gasteiger partial charge is 0.368 e. The molecule has 1 aliphatic rings. The van der Waals surface area contributed by atoms with Gasteiger partial charge in [-0.25, -0.2) is 0 Å². The zero-order chi connectivity index (χ0) is 10.9. The number of ether oxygens (including phenoxy) is 1. The van der Waals surface area contributed by atoms with Crippen molar-refractivity contribution in [1.29, 1.82) is 0 Å². The summed E-state index contributed by atoms with van der Waals surface area (Å²) < 4.78 is 10.6. The van der Waals surface area contributed by atoms with Crippen molar-refractivity contribution in [2.24, 2.45) is 5.73 Å². The maximum absolute atomic E-state index is 5.84. The van der Waals surface area contributed by atoms with Gasteiger partial charge in [-0.2, -0.15) is 4.98 Å². The van der Waals surface area contributed by atoms with Gasteiger partial charge in [0.05, 0.1) is 11.6 Å². The second kappa shape index (κ2) is 3.90. The maximum Gasteiger partial charge on any atom is 0.252 e. The van der Waals surface area contributed by atoms with E-state index in [2.05, 4.69) is 10.1 Å². The zero-order valence-electron chi connectivity index (χ0n) is 9.19. The Morgan fingerprint density at radius 2 is 2.27 bits per heavy atom. The minimum absolute atomic E-state index is 0.381. The van der Waals surface area contributed by atoms with Crippen molar-refractivity contribution < 1.29 is 9.26 Å². The van der Waals surface area contributed by atoms with Crippen molar-refractivity contribution in [3.8, 4) is 0 Å². The van der Waals surface area contributed by atoms with Crippen LogP contribution in [0.3, 0.4) is 0 Å². The van der Waals surface area contributed by atoms with Gasteiger partial charge >= 0.3 is 0 Å². The molecule has 0 amide bonds. The van der Waals surface area contributed by atoms with E-state index in [0.29, 0.717) is 24.4 Å². The van der Waals surface area contributed by atoms with Gasteiger partial charge in [0.25, 0.3) is 5.89 Å². The molecule has 1 heterocycles. The molecule has 2 N–H and O–H groups in total. The molecule has 0 radical (unpaired) electrons. The first-order valence-electron chi connectivity index (χ1n) is 5.29. The van der Waals surface area contributed by atoms with Gasteiger partial charge in [-0.1, -0.05) is 5.16 Å². The van der Waals surface area contributed by atoms with Crippen LogP contribution in [0.2, 0.25) is 0 Å². The average Bonchev–Trinajstić information content (AvgIpc) is 2.48. The Kier molecular flexibility index (Phi) is 2.75. The van der Waals surface area contributed by atoms with Crippen LogP contribution in [0.5, 0.6) is 0 Å². The molecule has 5 heteroatoms. The normalized spacial score (nSPS) is 17.8. The van der Waals surface area contributed by atoms with Crippen LogP contribution in [0.1, 0.15) is 44.8 Å². The highest BCUT2D eigenvalue weighted by atomic mass is 16.5. The predicted octanol–water partition coefficient (Wildman–Crippen LogP) is 1.33. The molecular weight excluding hydrogens is 194 g/mol. The molecule has 84 valence electrons. The highest BCUT2D eigenvalue weighted by molar-refractivity contribution is 4.98. The van der Waals surface area contributed by atoms with Crippen LogP contribution >= 0.6 is 0 Å². The van der Waals surface area contributed by atoms with Crippen LogP contribution in [0.4, 0.5) is 0 Å². The molecule has 2 rings (SSSR count). The molecule has 0 saturated heterocycles. The molecule has 1 saturated carbocycles. The summed E-state index contributed by atoms with van der Waals surface area (Å²) in [6, 6.07) is 0. The summed E-state index contributed by atoms with van der Waals surface area (Å²) in [6.45, 7) is 4.08. The maximum atomic E-state index is 5.84. The third-order valence-corrected chi connectivity index (χ3v) is 2.54. The van der Waals surface area contributed by atoms with E-state index in [1.54, 1.807) is 0 Å². The molecule has 0 unspecified atom stereocenters. The number of nitrogens with two attached hydrogens (primary N) is 1. The van der Waals surface area contributed by atoms with Gasteiger partial charge in [0.15, 0.2) is 5.82 Å². The lowest BCUT2D eigenvalue weighted by molar-refractivity contribution is -0.0192. The molecule has 0 atom stereocenters. The summed E-state index contributed by atoms with van der Waals surface area (Å²) in [5, 5.41) is 3.82. The Morgan fingerprint density at radius 1 is 1.53 bits per heavy atom. The van der Waals surface area contributed by atoms with Crippen molar-refractivity contribution >= 4 is 0 Å². The number of hydrogen-bond acceptors (Lipinski definition) is 5. The van der Waals surface area contributed by atoms with Crippen molar-refractivity contribution in [2.75, 3.05) is 0 Å². The lowest BCUT2D eigenvalue weighted by atomic mass is 9.96. The fraction of sp³-hybridized carbons (Fsp3) is 0.800. The van der Waals surface area contributed by atoms with Crippen LogP contribution in [-0.2, 0) is 16.9 Å². The number of nitrogens with zero attached hydrogens (tertiary/aromatic N) is 2. The molecule has 0 spiro atoms. The molecule has 0 bridgehead atoms. The second-order valence-electron chi connectivity index (χ2n) is 4.60. The molecule has 1 aliphatic carbocycles. The highest BCUT2D eigenvalue weighted by Crippen LogP contribution is 2.23. The molecule has 0 aliphatic heterocycles. The Balaban J connectivity index is 1.89. The molecular formula is C10H17N3O2. The van der Waals surface area contributed by atoms with E-state index >= 15 is 0 Å². The Bertz CT molecular complexity index is 326. The fourth-order valence-corrected chi connectivity index (χ4v) is 1.30. The number of rotatable bonds is 4. The van der Waals surface area contributed by atoms with Gasteiger partial charge in [0.1, 0.15) is 6.61 Å². The SMILES string of the molecule is CC(C)(N)c1noc(COC2CCC2)n1. The zero-order valence-corrected chi connectivity index (χ0v) is 9.19. The van der Waals surface area contributed by atoms with Crippen molar-refractivity contribution in [1.82, 2.24) is 10.1 Å². The van der Waals surface area contributed by atoms with Crippen molar-refractivity contribution in [2.45, 2.75) is 51.4 Å². The van der Waals surface area contributed by atoms with Crippen LogP contribution in [0, 0.1) is 0 Å². The first-order chi connectivity index (χ1) is 7.05. The summed E-state index contributed by atoms with van der Waals surface area (Å²) in [7, 11) is 0. The fourth-order valence-electron chi connectivity index (χ4n) is 1.30. The lowest BCUT2D eigenvalue weighted by Crippen LogP contribution is -2.30. The van der Waals surface area contributed by atoms with Gasteiger partial charge in [0, 0.05) is 0 Å². The van der Waals surface area contributed by atoms with Gasteiger partial charge in [0.2, 0.25) is 0 Å². The minimum atomic E-state index is -0.557. The predicted molar refractivity (Wildman–Crippen MR) is 53.9 cm³/mol. The molecule has 5 nitrogen and oxygen atoms in total. The van der Waals surface area contributed by atoms with E-state index in [9.17, 15) is 0 Å². The summed E-state index contributed by atoms with van der Waals surface area (Å²) in [6.07, 6.45) is 3.92. The van der Waals surface area contributed by atoms with E-state index in [0.717, 1.165) is 12.8 Å². The third-order valence-electron chi connectivity index (χ3n) is 2.54. The molecule has 0 aromatic carbocycles. The van der Waals surface area contributed by atoms with Gasteiger partial charge < -0.3 is 15.0 Å². The first kappa shape index (κ1) is 10.6. The summed E-state index contributed by atoms with van der Waals surface area (Å²) in [4.78, 5) is 4.18. The van der Waals surface area contributed by atoms with Crippen molar-refractivity contribution in [3.05, 3.63) is 11.7 Å². The summed E-state index contributed by atoms with van der Waals surface area (Å²) >= 11 is 0. The van der Waals surface area contributed by atoms with Gasteiger partial charge in [-0.15, -0.1) is 0 Å². The van der Waals surface area contributed by atoms with E-state index in [1.807, 2.05) is 13.8 Å². The van der Waals surface area contributed by atoms with Crippen LogP contribution in [-0.4, -0.2) is 16.2 Å². The summed E-state index contributed by atoms with van der Waals surface area (Å²) in [5.74, 6) is 1.03. The topological polar surface area (TPSA) is 74.2 Å². The van der Waals surface area contributed by atoms with Gasteiger partial charge in [-0.3, -0.25) is 0 Å². The summed E-state index contributed by atoms with van der Waals surface area (Å²) in [5.41, 5.74) is 5.28.